The number of carbonyl (C=O) groups is 1. The maximum atomic E-state index is 13.1. The third kappa shape index (κ3) is 13.4. The maximum absolute atomic E-state index is 13.1. The molecule has 1 aliphatic carbocycles. The van der Waals surface area contributed by atoms with Gasteiger partial charge in [-0.3, -0.25) is 9.59 Å². The Bertz CT molecular complexity index is 1200. The molecule has 44 heavy (non-hydrogen) atoms. The van der Waals surface area contributed by atoms with Crippen molar-refractivity contribution < 1.29 is 27.8 Å². The Morgan fingerprint density at radius 1 is 0.932 bits per heavy atom. The fourth-order valence-electron chi connectivity index (χ4n) is 5.15. The third-order valence-corrected chi connectivity index (χ3v) is 8.69. The number of ether oxygens (including phenoxy) is 3. The Labute approximate surface area is 270 Å². The summed E-state index contributed by atoms with van der Waals surface area (Å²) < 4.78 is 42.5. The summed E-state index contributed by atoms with van der Waals surface area (Å²) in [5.41, 5.74) is 0.296. The highest BCUT2D eigenvalue weighted by Gasteiger charge is 2.26. The van der Waals surface area contributed by atoms with Gasteiger partial charge in [0.05, 0.1) is 11.6 Å². The zero-order valence-electron chi connectivity index (χ0n) is 25.8. The van der Waals surface area contributed by atoms with E-state index >= 15 is 0 Å². The van der Waals surface area contributed by atoms with Crippen molar-refractivity contribution in [3.8, 4) is 11.5 Å². The van der Waals surface area contributed by atoms with Crippen LogP contribution in [0.25, 0.3) is 0 Å². The summed E-state index contributed by atoms with van der Waals surface area (Å²) >= 11 is 12.6. The zero-order chi connectivity index (χ0) is 31.7. The van der Waals surface area contributed by atoms with Crippen molar-refractivity contribution in [3.05, 3.63) is 55.9 Å². The first-order chi connectivity index (χ1) is 21.3. The summed E-state index contributed by atoms with van der Waals surface area (Å²) in [5.74, 6) is 0.00758. The Balaban J connectivity index is 1.56. The monoisotopic (exact) mass is 657 g/mol. The number of pyridine rings is 1. The van der Waals surface area contributed by atoms with Gasteiger partial charge in [0.25, 0.3) is 5.56 Å². The maximum Gasteiger partial charge on any atom is 0.387 e. The van der Waals surface area contributed by atoms with Gasteiger partial charge in [-0.05, 0) is 42.9 Å². The number of carbonyl (C=O) groups excluding carboxylic acids is 1. The van der Waals surface area contributed by atoms with Gasteiger partial charge in [-0.15, -0.1) is 0 Å². The lowest BCUT2D eigenvalue weighted by Crippen LogP contribution is -2.17. The van der Waals surface area contributed by atoms with Crippen molar-refractivity contribution in [2.24, 2.45) is 5.92 Å². The summed E-state index contributed by atoms with van der Waals surface area (Å²) in [6.45, 7) is -0.410. The molecule has 1 unspecified atom stereocenters. The van der Waals surface area contributed by atoms with Gasteiger partial charge >= 0.3 is 12.6 Å². The predicted octanol–water partition coefficient (Wildman–Crippen LogP) is 10.4. The van der Waals surface area contributed by atoms with Crippen LogP contribution in [0.2, 0.25) is 10.0 Å². The first-order valence-electron chi connectivity index (χ1n) is 16.2. The standard InChI is InChI=1S/C34H47Cl2F2NO5/c1-2-3-4-5-6-7-8-9-10-11-12-13-14-15-31(40)43-29(21-26-27(35)22-39-33(41)32(26)36)25-18-19-28(44-34(37)38)30(20-25)42-23-24-16-17-24/h18-20,22,24,29,34H,2-17,21,23H2,1H3,(H,39,41). The van der Waals surface area contributed by atoms with E-state index in [4.69, 9.17) is 32.7 Å². The number of halogens is 4. The average Bonchev–Trinajstić information content (AvgIpc) is 3.83. The number of H-pyrrole nitrogens is 1. The highest BCUT2D eigenvalue weighted by Crippen LogP contribution is 2.37. The number of benzene rings is 1. The lowest BCUT2D eigenvalue weighted by molar-refractivity contribution is -0.149. The Hall–Kier alpha value is -2.32. The summed E-state index contributed by atoms with van der Waals surface area (Å²) in [6, 6.07) is 4.45. The second kappa shape index (κ2) is 19.9. The van der Waals surface area contributed by atoms with E-state index in [9.17, 15) is 18.4 Å². The van der Waals surface area contributed by atoms with Crippen LogP contribution in [-0.4, -0.2) is 24.2 Å². The summed E-state index contributed by atoms with van der Waals surface area (Å²) in [5, 5.41) is 0.118. The summed E-state index contributed by atoms with van der Waals surface area (Å²) in [6.07, 6.45) is 18.4. The lowest BCUT2D eigenvalue weighted by Gasteiger charge is -2.21. The number of hydrogen-bond donors (Lipinski definition) is 1. The summed E-state index contributed by atoms with van der Waals surface area (Å²) in [7, 11) is 0. The van der Waals surface area contributed by atoms with Crippen molar-refractivity contribution in [3.63, 3.8) is 0 Å². The number of esters is 1. The zero-order valence-corrected chi connectivity index (χ0v) is 27.3. The molecule has 1 aromatic carbocycles. The second-order valence-electron chi connectivity index (χ2n) is 11.8. The molecule has 0 spiro atoms. The molecule has 246 valence electrons. The van der Waals surface area contributed by atoms with Crippen molar-refractivity contribution in [2.45, 2.75) is 129 Å². The van der Waals surface area contributed by atoms with Gasteiger partial charge in [0.15, 0.2) is 11.5 Å². The molecule has 2 aromatic rings. The largest absolute Gasteiger partial charge is 0.489 e. The van der Waals surface area contributed by atoms with E-state index < -0.39 is 24.2 Å². The van der Waals surface area contributed by atoms with Crippen LogP contribution in [-0.2, 0) is 16.0 Å². The topological polar surface area (TPSA) is 77.6 Å². The normalized spacial score (nSPS) is 13.7. The van der Waals surface area contributed by atoms with Crippen LogP contribution in [0.1, 0.15) is 127 Å². The molecule has 1 aromatic heterocycles. The molecule has 1 heterocycles. The van der Waals surface area contributed by atoms with E-state index in [0.717, 1.165) is 32.1 Å². The molecule has 0 aliphatic heterocycles. The van der Waals surface area contributed by atoms with Crippen LogP contribution < -0.4 is 15.0 Å². The van der Waals surface area contributed by atoms with Crippen molar-refractivity contribution in [1.82, 2.24) is 4.98 Å². The van der Waals surface area contributed by atoms with Crippen molar-refractivity contribution >= 4 is 29.2 Å². The van der Waals surface area contributed by atoms with E-state index in [-0.39, 0.29) is 34.4 Å². The predicted molar refractivity (Wildman–Crippen MR) is 171 cm³/mol. The Morgan fingerprint density at radius 2 is 1.55 bits per heavy atom. The fraction of sp³-hybridized carbons (Fsp3) is 0.647. The van der Waals surface area contributed by atoms with Gasteiger partial charge in [-0.2, -0.15) is 8.78 Å². The van der Waals surface area contributed by atoms with Crippen LogP contribution in [0.15, 0.2) is 29.2 Å². The van der Waals surface area contributed by atoms with Gasteiger partial charge in [0.1, 0.15) is 11.1 Å². The fourth-order valence-corrected chi connectivity index (χ4v) is 5.66. The van der Waals surface area contributed by atoms with Crippen LogP contribution in [0.4, 0.5) is 8.78 Å². The molecule has 0 bridgehead atoms. The van der Waals surface area contributed by atoms with E-state index in [2.05, 4.69) is 16.6 Å². The second-order valence-corrected chi connectivity index (χ2v) is 12.6. The molecule has 3 rings (SSSR count). The number of unbranched alkanes of at least 4 members (excludes halogenated alkanes) is 12. The molecule has 1 atom stereocenters. The van der Waals surface area contributed by atoms with Gasteiger partial charge in [0, 0.05) is 24.6 Å². The number of nitrogens with one attached hydrogen (secondary N) is 1. The summed E-state index contributed by atoms with van der Waals surface area (Å²) in [4.78, 5) is 27.6. The highest BCUT2D eigenvalue weighted by atomic mass is 35.5. The number of hydrogen-bond acceptors (Lipinski definition) is 5. The van der Waals surface area contributed by atoms with Crippen molar-refractivity contribution in [1.29, 1.82) is 0 Å². The molecule has 1 N–H and O–H groups in total. The molecular weight excluding hydrogens is 611 g/mol. The van der Waals surface area contributed by atoms with Crippen LogP contribution in [0.5, 0.6) is 11.5 Å². The minimum atomic E-state index is -3.02. The number of aromatic amines is 1. The first kappa shape index (κ1) is 36.2. The molecule has 0 radical (unpaired) electrons. The quantitative estimate of drug-likeness (QED) is 0.0950. The van der Waals surface area contributed by atoms with Gasteiger partial charge < -0.3 is 19.2 Å². The smallest absolute Gasteiger partial charge is 0.387 e. The van der Waals surface area contributed by atoms with Gasteiger partial charge in [0.2, 0.25) is 0 Å². The first-order valence-corrected chi connectivity index (χ1v) is 17.0. The van der Waals surface area contributed by atoms with E-state index in [1.807, 2.05) is 0 Å². The molecule has 1 fully saturated rings. The molecular formula is C34H47Cl2F2NO5. The third-order valence-electron chi connectivity index (χ3n) is 7.96. The molecule has 0 amide bonds. The molecule has 6 nitrogen and oxygen atoms in total. The van der Waals surface area contributed by atoms with Gasteiger partial charge in [-0.1, -0.05) is 113 Å². The lowest BCUT2D eigenvalue weighted by atomic mass is 10.0. The highest BCUT2D eigenvalue weighted by molar-refractivity contribution is 6.35. The van der Waals surface area contributed by atoms with E-state index in [1.165, 1.54) is 76.1 Å². The van der Waals surface area contributed by atoms with E-state index in [0.29, 0.717) is 30.1 Å². The molecule has 1 saturated carbocycles. The molecule has 1 aliphatic rings. The molecule has 0 saturated heterocycles. The minimum absolute atomic E-state index is 0.0169. The average molecular weight is 659 g/mol. The van der Waals surface area contributed by atoms with Crippen LogP contribution in [0.3, 0.4) is 0 Å². The minimum Gasteiger partial charge on any atom is -0.489 e. The van der Waals surface area contributed by atoms with E-state index in [1.54, 1.807) is 6.07 Å². The van der Waals surface area contributed by atoms with Gasteiger partial charge in [-0.25, -0.2) is 0 Å². The number of rotatable bonds is 23. The Morgan fingerprint density at radius 3 is 2.14 bits per heavy atom. The van der Waals surface area contributed by atoms with Crippen LogP contribution in [0, 0.1) is 5.92 Å². The number of aromatic nitrogens is 1. The number of alkyl halides is 2. The molecule has 10 heteroatoms. The SMILES string of the molecule is CCCCCCCCCCCCCCCC(=O)OC(Cc1c(Cl)c[nH]c(=O)c1Cl)c1ccc(OC(F)F)c(OCC2CC2)c1. The Kier molecular flexibility index (Phi) is 16.4. The van der Waals surface area contributed by atoms with Crippen molar-refractivity contribution in [2.75, 3.05) is 6.61 Å². The van der Waals surface area contributed by atoms with Crippen LogP contribution >= 0.6 is 23.2 Å².